The third-order valence-electron chi connectivity index (χ3n) is 4.03. The minimum absolute atomic E-state index is 0.615. The molecule has 4 N–H and O–H groups in total. The molecule has 0 aliphatic heterocycles. The average Bonchev–Trinajstić information content (AvgIpc) is 2.53. The van der Waals surface area contributed by atoms with Gasteiger partial charge in [-0.3, -0.25) is 4.79 Å². The lowest BCUT2D eigenvalue weighted by molar-refractivity contribution is 0.112. The van der Waals surface area contributed by atoms with Crippen LogP contribution in [-0.2, 0) is 6.42 Å². The molecule has 0 unspecified atom stereocenters. The monoisotopic (exact) mass is 306 g/mol. The van der Waals surface area contributed by atoms with E-state index in [4.69, 9.17) is 16.2 Å². The van der Waals surface area contributed by atoms with E-state index in [1.807, 2.05) is 13.0 Å². The van der Waals surface area contributed by atoms with Crippen LogP contribution in [0.5, 0.6) is 5.75 Å². The normalized spacial score (nSPS) is 10.7. The van der Waals surface area contributed by atoms with E-state index < -0.39 is 0 Å². The van der Waals surface area contributed by atoms with Gasteiger partial charge in [-0.15, -0.1) is 0 Å². The molecule has 0 aliphatic carbocycles. The van der Waals surface area contributed by atoms with E-state index in [1.54, 1.807) is 0 Å². The Balaban J connectivity index is 2.80. The van der Waals surface area contributed by atoms with Crippen LogP contribution in [0.15, 0.2) is 6.07 Å². The van der Waals surface area contributed by atoms with E-state index >= 15 is 0 Å². The van der Waals surface area contributed by atoms with Crippen LogP contribution in [0.3, 0.4) is 0 Å². The summed E-state index contributed by atoms with van der Waals surface area (Å²) >= 11 is 0. The summed E-state index contributed by atoms with van der Waals surface area (Å²) in [6.07, 6.45) is 6.92. The number of hydrogen-bond acceptors (Lipinski definition) is 4. The largest absolute Gasteiger partial charge is 0.493 e. The second kappa shape index (κ2) is 10.4. The lowest BCUT2D eigenvalue weighted by Crippen LogP contribution is -2.08. The smallest absolute Gasteiger partial charge is 0.150 e. The summed E-state index contributed by atoms with van der Waals surface area (Å²) in [5.74, 6) is 0.884. The molecule has 0 amide bonds. The number of rotatable bonds is 11. The number of nitrogens with two attached hydrogens (primary N) is 2. The van der Waals surface area contributed by atoms with Gasteiger partial charge in [0.25, 0.3) is 0 Å². The third-order valence-corrected chi connectivity index (χ3v) is 4.03. The fourth-order valence-corrected chi connectivity index (χ4v) is 2.58. The summed E-state index contributed by atoms with van der Waals surface area (Å²) in [4.78, 5) is 11.4. The van der Waals surface area contributed by atoms with E-state index in [0.29, 0.717) is 13.2 Å². The lowest BCUT2D eigenvalue weighted by Gasteiger charge is -2.18. The predicted octanol–water partition coefficient (Wildman–Crippen LogP) is 2.91. The second-order valence-corrected chi connectivity index (χ2v) is 5.78. The number of aryl methyl sites for hydroxylation is 1. The first kappa shape index (κ1) is 18.7. The first-order valence-electron chi connectivity index (χ1n) is 8.26. The molecular formula is C18H30N2O2. The number of benzene rings is 1. The highest BCUT2D eigenvalue weighted by Crippen LogP contribution is 2.30. The molecule has 1 aromatic carbocycles. The van der Waals surface area contributed by atoms with Crippen molar-refractivity contribution in [2.45, 2.75) is 52.4 Å². The van der Waals surface area contributed by atoms with Crippen molar-refractivity contribution in [3.05, 3.63) is 28.3 Å². The molecule has 4 nitrogen and oxygen atoms in total. The highest BCUT2D eigenvalue weighted by atomic mass is 16.5. The number of carbonyl (C=O) groups excluding carboxylic acids is 1. The minimum atomic E-state index is 0.615. The van der Waals surface area contributed by atoms with Crippen molar-refractivity contribution in [2.75, 3.05) is 19.7 Å². The summed E-state index contributed by atoms with van der Waals surface area (Å²) in [6, 6.07) is 1.95. The number of hydrogen-bond donors (Lipinski definition) is 2. The molecule has 0 bridgehead atoms. The number of carbonyl (C=O) groups is 1. The Bertz CT molecular complexity index is 473. The fraction of sp³-hybridized carbons (Fsp3) is 0.611. The van der Waals surface area contributed by atoms with Crippen molar-refractivity contribution in [1.82, 2.24) is 0 Å². The standard InChI is InChI=1S/C18H30N2O2/c1-14-12-16(13-21)17(8-7-10-20)18(15(14)2)22-11-6-4-3-5-9-19/h12-13H,3-11,19-20H2,1-2H3. The molecule has 22 heavy (non-hydrogen) atoms. The van der Waals surface area contributed by atoms with Crippen LogP contribution in [0.4, 0.5) is 0 Å². The maximum Gasteiger partial charge on any atom is 0.150 e. The van der Waals surface area contributed by atoms with Crippen molar-refractivity contribution in [2.24, 2.45) is 11.5 Å². The van der Waals surface area contributed by atoms with Crippen LogP contribution in [0.25, 0.3) is 0 Å². The molecule has 124 valence electrons. The maximum absolute atomic E-state index is 11.4. The maximum atomic E-state index is 11.4. The Morgan fingerprint density at radius 2 is 1.73 bits per heavy atom. The predicted molar refractivity (Wildman–Crippen MR) is 91.7 cm³/mol. The Hall–Kier alpha value is -1.39. The summed E-state index contributed by atoms with van der Waals surface area (Å²) in [7, 11) is 0. The molecule has 0 aliphatic rings. The Kier molecular flexibility index (Phi) is 8.78. The first-order valence-corrected chi connectivity index (χ1v) is 8.26. The molecule has 0 fully saturated rings. The molecule has 0 aromatic heterocycles. The van der Waals surface area contributed by atoms with E-state index in [0.717, 1.165) is 79.4 Å². The minimum Gasteiger partial charge on any atom is -0.493 e. The summed E-state index contributed by atoms with van der Waals surface area (Å²) in [6.45, 7) is 6.12. The fourth-order valence-electron chi connectivity index (χ4n) is 2.58. The van der Waals surface area contributed by atoms with Gasteiger partial charge in [-0.1, -0.05) is 12.8 Å². The van der Waals surface area contributed by atoms with Crippen LogP contribution >= 0.6 is 0 Å². The zero-order valence-electron chi connectivity index (χ0n) is 14.0. The van der Waals surface area contributed by atoms with Gasteiger partial charge in [0.2, 0.25) is 0 Å². The van der Waals surface area contributed by atoms with Gasteiger partial charge in [-0.05, 0) is 69.8 Å². The van der Waals surface area contributed by atoms with Crippen LogP contribution in [0.2, 0.25) is 0 Å². The topological polar surface area (TPSA) is 78.3 Å². The van der Waals surface area contributed by atoms with Gasteiger partial charge in [0.1, 0.15) is 12.0 Å². The highest BCUT2D eigenvalue weighted by molar-refractivity contribution is 5.80. The molecular weight excluding hydrogens is 276 g/mol. The van der Waals surface area contributed by atoms with Crippen LogP contribution < -0.4 is 16.2 Å². The Labute approximate surface area is 134 Å². The van der Waals surface area contributed by atoms with Crippen molar-refractivity contribution in [3.8, 4) is 5.75 Å². The van der Waals surface area contributed by atoms with Gasteiger partial charge in [0.05, 0.1) is 6.61 Å². The zero-order chi connectivity index (χ0) is 16.4. The molecule has 1 aromatic rings. The van der Waals surface area contributed by atoms with Crippen molar-refractivity contribution >= 4 is 6.29 Å². The van der Waals surface area contributed by atoms with Gasteiger partial charge in [0, 0.05) is 11.1 Å². The zero-order valence-corrected chi connectivity index (χ0v) is 14.0. The first-order chi connectivity index (χ1) is 10.7. The SMILES string of the molecule is Cc1cc(C=O)c(CCCN)c(OCCCCCCN)c1C. The summed E-state index contributed by atoms with van der Waals surface area (Å²) < 4.78 is 6.04. The number of aldehydes is 1. The Morgan fingerprint density at radius 1 is 1.05 bits per heavy atom. The van der Waals surface area contributed by atoms with E-state index in [2.05, 4.69) is 6.92 Å². The van der Waals surface area contributed by atoms with Crippen LogP contribution in [-0.4, -0.2) is 26.0 Å². The number of unbranched alkanes of at least 4 members (excludes halogenated alkanes) is 3. The van der Waals surface area contributed by atoms with Gasteiger partial charge in [-0.2, -0.15) is 0 Å². The van der Waals surface area contributed by atoms with E-state index in [1.165, 1.54) is 0 Å². The van der Waals surface area contributed by atoms with Gasteiger partial charge < -0.3 is 16.2 Å². The van der Waals surface area contributed by atoms with E-state index in [9.17, 15) is 4.79 Å². The van der Waals surface area contributed by atoms with Gasteiger partial charge >= 0.3 is 0 Å². The molecule has 0 spiro atoms. The molecule has 1 rings (SSSR count). The van der Waals surface area contributed by atoms with Crippen LogP contribution in [0.1, 0.15) is 59.2 Å². The van der Waals surface area contributed by atoms with Gasteiger partial charge in [0.15, 0.2) is 0 Å². The molecule has 0 radical (unpaired) electrons. The quantitative estimate of drug-likeness (QED) is 0.487. The van der Waals surface area contributed by atoms with Crippen molar-refractivity contribution in [1.29, 1.82) is 0 Å². The molecule has 0 saturated heterocycles. The second-order valence-electron chi connectivity index (χ2n) is 5.78. The van der Waals surface area contributed by atoms with Crippen LogP contribution in [0, 0.1) is 13.8 Å². The van der Waals surface area contributed by atoms with Crippen molar-refractivity contribution in [3.63, 3.8) is 0 Å². The number of ether oxygens (including phenoxy) is 1. The molecule has 0 heterocycles. The average molecular weight is 306 g/mol. The van der Waals surface area contributed by atoms with Crippen molar-refractivity contribution < 1.29 is 9.53 Å². The highest BCUT2D eigenvalue weighted by Gasteiger charge is 2.14. The van der Waals surface area contributed by atoms with Gasteiger partial charge in [-0.25, -0.2) is 0 Å². The van der Waals surface area contributed by atoms with E-state index in [-0.39, 0.29) is 0 Å². The molecule has 0 atom stereocenters. The summed E-state index contributed by atoms with van der Waals surface area (Å²) in [5.41, 5.74) is 15.1. The summed E-state index contributed by atoms with van der Waals surface area (Å²) in [5, 5.41) is 0. The lowest BCUT2D eigenvalue weighted by atomic mass is 9.95. The third kappa shape index (κ3) is 5.43. The molecule has 4 heteroatoms. The Morgan fingerprint density at radius 3 is 2.36 bits per heavy atom. The molecule has 0 saturated carbocycles.